The van der Waals surface area contributed by atoms with Crippen LogP contribution in [0.25, 0.3) is 0 Å². The Kier molecular flexibility index (Phi) is 4.71. The van der Waals surface area contributed by atoms with E-state index in [0.29, 0.717) is 24.2 Å². The van der Waals surface area contributed by atoms with Crippen LogP contribution in [0.4, 0.5) is 16.2 Å². The minimum absolute atomic E-state index is 0.0169. The molecule has 1 heterocycles. The molecular formula is C17H21FN4O. The lowest BCUT2D eigenvalue weighted by molar-refractivity contribution is 0.281. The summed E-state index contributed by atoms with van der Waals surface area (Å²) >= 11 is 0. The highest BCUT2D eigenvalue weighted by atomic mass is 19.1. The molecule has 5 nitrogen and oxygen atoms in total. The van der Waals surface area contributed by atoms with Gasteiger partial charge in [-0.25, -0.2) is 9.37 Å². The van der Waals surface area contributed by atoms with Crippen LogP contribution in [0, 0.1) is 5.82 Å². The SMILES string of the molecule is C[C@@H](CO)Nc1nc(NCc2cccc(F)c2)cc(C2CC2)n1. The van der Waals surface area contributed by atoms with E-state index in [-0.39, 0.29) is 18.5 Å². The van der Waals surface area contributed by atoms with Gasteiger partial charge in [0.2, 0.25) is 5.95 Å². The van der Waals surface area contributed by atoms with Crippen LogP contribution in [-0.4, -0.2) is 27.7 Å². The van der Waals surface area contributed by atoms with Crippen LogP contribution in [0.3, 0.4) is 0 Å². The lowest BCUT2D eigenvalue weighted by atomic mass is 10.2. The molecule has 122 valence electrons. The molecule has 1 aliphatic rings. The summed E-state index contributed by atoms with van der Waals surface area (Å²) in [4.78, 5) is 8.95. The second-order valence-corrected chi connectivity index (χ2v) is 5.99. The maximum Gasteiger partial charge on any atom is 0.225 e. The first kappa shape index (κ1) is 15.7. The molecule has 6 heteroatoms. The summed E-state index contributed by atoms with van der Waals surface area (Å²) in [5, 5.41) is 15.5. The molecular weight excluding hydrogens is 295 g/mol. The lowest BCUT2D eigenvalue weighted by Gasteiger charge is -2.14. The van der Waals surface area contributed by atoms with Crippen molar-refractivity contribution in [3.05, 3.63) is 47.4 Å². The van der Waals surface area contributed by atoms with Crippen LogP contribution >= 0.6 is 0 Å². The fourth-order valence-corrected chi connectivity index (χ4v) is 2.31. The van der Waals surface area contributed by atoms with Gasteiger partial charge in [0, 0.05) is 24.6 Å². The predicted octanol–water partition coefficient (Wildman–Crippen LogP) is 2.90. The van der Waals surface area contributed by atoms with E-state index < -0.39 is 0 Å². The van der Waals surface area contributed by atoms with Crippen LogP contribution in [0.5, 0.6) is 0 Å². The smallest absolute Gasteiger partial charge is 0.225 e. The largest absolute Gasteiger partial charge is 0.394 e. The third kappa shape index (κ3) is 4.39. The number of halogens is 1. The molecule has 0 bridgehead atoms. The number of nitrogens with one attached hydrogen (secondary N) is 2. The maximum absolute atomic E-state index is 13.2. The Morgan fingerprint density at radius 3 is 2.83 bits per heavy atom. The molecule has 1 aromatic carbocycles. The lowest BCUT2D eigenvalue weighted by Crippen LogP contribution is -2.21. The minimum Gasteiger partial charge on any atom is -0.394 e. The minimum atomic E-state index is -0.246. The Labute approximate surface area is 135 Å². The molecule has 0 saturated heterocycles. The summed E-state index contributed by atoms with van der Waals surface area (Å²) in [5.41, 5.74) is 1.87. The summed E-state index contributed by atoms with van der Waals surface area (Å²) in [7, 11) is 0. The van der Waals surface area contributed by atoms with Gasteiger partial charge in [0.25, 0.3) is 0 Å². The van der Waals surface area contributed by atoms with Crippen molar-refractivity contribution in [1.82, 2.24) is 9.97 Å². The highest BCUT2D eigenvalue weighted by molar-refractivity contribution is 5.45. The number of aromatic nitrogens is 2. The maximum atomic E-state index is 13.2. The number of rotatable bonds is 7. The van der Waals surface area contributed by atoms with E-state index in [1.807, 2.05) is 19.1 Å². The molecule has 0 radical (unpaired) electrons. The van der Waals surface area contributed by atoms with Gasteiger partial charge >= 0.3 is 0 Å². The zero-order valence-corrected chi connectivity index (χ0v) is 13.1. The van der Waals surface area contributed by atoms with Gasteiger partial charge < -0.3 is 15.7 Å². The Balaban J connectivity index is 1.74. The van der Waals surface area contributed by atoms with Crippen molar-refractivity contribution in [2.75, 3.05) is 17.2 Å². The molecule has 1 atom stereocenters. The Bertz CT molecular complexity index is 675. The van der Waals surface area contributed by atoms with Gasteiger partial charge in [-0.3, -0.25) is 0 Å². The van der Waals surface area contributed by atoms with Gasteiger partial charge in [0.05, 0.1) is 12.3 Å². The van der Waals surface area contributed by atoms with Crippen molar-refractivity contribution < 1.29 is 9.50 Å². The number of aliphatic hydroxyl groups excluding tert-OH is 1. The van der Waals surface area contributed by atoms with Crippen molar-refractivity contribution in [3.63, 3.8) is 0 Å². The number of hydrogen-bond donors (Lipinski definition) is 3. The highest BCUT2D eigenvalue weighted by Gasteiger charge is 2.26. The van der Waals surface area contributed by atoms with Crippen LogP contribution in [-0.2, 0) is 6.54 Å². The standard InChI is InChI=1S/C17H21FN4O/c1-11(10-23)20-17-21-15(13-5-6-13)8-16(22-17)19-9-12-3-2-4-14(18)7-12/h2-4,7-8,11,13,23H,5-6,9-10H2,1H3,(H2,19,20,21,22)/t11-/m0/s1. The molecule has 3 N–H and O–H groups in total. The van der Waals surface area contributed by atoms with Gasteiger partial charge in [-0.2, -0.15) is 4.98 Å². The van der Waals surface area contributed by atoms with Crippen molar-refractivity contribution in [3.8, 4) is 0 Å². The van der Waals surface area contributed by atoms with Gasteiger partial charge in [-0.15, -0.1) is 0 Å². The first-order chi connectivity index (χ1) is 11.1. The number of nitrogens with zero attached hydrogens (tertiary/aromatic N) is 2. The van der Waals surface area contributed by atoms with Crippen molar-refractivity contribution >= 4 is 11.8 Å². The molecule has 1 fully saturated rings. The predicted molar refractivity (Wildman–Crippen MR) is 87.9 cm³/mol. The first-order valence-electron chi connectivity index (χ1n) is 7.88. The zero-order valence-electron chi connectivity index (χ0n) is 13.1. The van der Waals surface area contributed by atoms with Gasteiger partial charge in [-0.1, -0.05) is 12.1 Å². The fourth-order valence-electron chi connectivity index (χ4n) is 2.31. The zero-order chi connectivity index (χ0) is 16.2. The van der Waals surface area contributed by atoms with Crippen LogP contribution in [0.2, 0.25) is 0 Å². The monoisotopic (exact) mass is 316 g/mol. The quantitative estimate of drug-likeness (QED) is 0.733. The van der Waals surface area contributed by atoms with E-state index in [9.17, 15) is 4.39 Å². The van der Waals surface area contributed by atoms with E-state index >= 15 is 0 Å². The molecule has 1 saturated carbocycles. The summed E-state index contributed by atoms with van der Waals surface area (Å²) < 4.78 is 13.2. The third-order valence-corrected chi connectivity index (χ3v) is 3.75. The fraction of sp³-hybridized carbons (Fsp3) is 0.412. The Morgan fingerprint density at radius 1 is 1.30 bits per heavy atom. The number of aliphatic hydroxyl groups is 1. The van der Waals surface area contributed by atoms with Crippen molar-refractivity contribution in [2.45, 2.75) is 38.3 Å². The van der Waals surface area contributed by atoms with Crippen molar-refractivity contribution in [1.29, 1.82) is 0 Å². The second kappa shape index (κ2) is 6.91. The Morgan fingerprint density at radius 2 is 2.13 bits per heavy atom. The summed E-state index contributed by atoms with van der Waals surface area (Å²) in [5.74, 6) is 1.47. The summed E-state index contributed by atoms with van der Waals surface area (Å²) in [6.45, 7) is 2.38. The molecule has 23 heavy (non-hydrogen) atoms. The number of hydrogen-bond acceptors (Lipinski definition) is 5. The van der Waals surface area contributed by atoms with Crippen LogP contribution in [0.15, 0.2) is 30.3 Å². The topological polar surface area (TPSA) is 70.1 Å². The number of anilines is 2. The molecule has 0 amide bonds. The molecule has 0 aliphatic heterocycles. The average molecular weight is 316 g/mol. The van der Waals surface area contributed by atoms with Crippen LogP contribution in [0.1, 0.15) is 36.9 Å². The first-order valence-corrected chi connectivity index (χ1v) is 7.88. The van der Waals surface area contributed by atoms with Crippen molar-refractivity contribution in [2.24, 2.45) is 0 Å². The normalized spacial score (nSPS) is 15.3. The molecule has 2 aromatic rings. The van der Waals surface area contributed by atoms with Gasteiger partial charge in [-0.05, 0) is 37.5 Å². The Hall–Kier alpha value is -2.21. The van der Waals surface area contributed by atoms with Crippen LogP contribution < -0.4 is 10.6 Å². The van der Waals surface area contributed by atoms with E-state index in [1.165, 1.54) is 12.1 Å². The van der Waals surface area contributed by atoms with E-state index in [2.05, 4.69) is 20.6 Å². The average Bonchev–Trinajstić information content (AvgIpc) is 3.37. The molecule has 1 aromatic heterocycles. The van der Waals surface area contributed by atoms with E-state index in [0.717, 1.165) is 24.1 Å². The summed E-state index contributed by atoms with van der Waals surface area (Å²) in [6.07, 6.45) is 2.30. The number of benzene rings is 1. The molecule has 0 spiro atoms. The highest BCUT2D eigenvalue weighted by Crippen LogP contribution is 2.39. The van der Waals surface area contributed by atoms with E-state index in [1.54, 1.807) is 6.07 Å². The van der Waals surface area contributed by atoms with E-state index in [4.69, 9.17) is 5.11 Å². The molecule has 0 unspecified atom stereocenters. The van der Waals surface area contributed by atoms with Gasteiger partial charge in [0.1, 0.15) is 11.6 Å². The third-order valence-electron chi connectivity index (χ3n) is 3.75. The van der Waals surface area contributed by atoms with Gasteiger partial charge in [0.15, 0.2) is 0 Å². The summed E-state index contributed by atoms with van der Waals surface area (Å²) in [6, 6.07) is 8.33. The molecule has 3 rings (SSSR count). The second-order valence-electron chi connectivity index (χ2n) is 5.99. The molecule has 1 aliphatic carbocycles.